The summed E-state index contributed by atoms with van der Waals surface area (Å²) in [5.74, 6) is -0.628. The molecule has 0 amide bonds. The number of thiocarbonyl (C=S) groups is 1. The molecule has 110 valence electrons. The predicted molar refractivity (Wildman–Crippen MR) is 83.9 cm³/mol. The van der Waals surface area contributed by atoms with E-state index in [0.29, 0.717) is 18.7 Å². The summed E-state index contributed by atoms with van der Waals surface area (Å²) in [5.41, 5.74) is 7.68. The molecule has 0 fully saturated rings. The van der Waals surface area contributed by atoms with Crippen LogP contribution in [0.2, 0.25) is 0 Å². The molecule has 0 aliphatic carbocycles. The van der Waals surface area contributed by atoms with Gasteiger partial charge in [-0.15, -0.1) is 0 Å². The molecule has 5 heteroatoms. The van der Waals surface area contributed by atoms with Crippen molar-refractivity contribution in [1.29, 1.82) is 0 Å². The van der Waals surface area contributed by atoms with Crippen LogP contribution in [0.15, 0.2) is 42.5 Å². The largest absolute Gasteiger partial charge is 0.389 e. The normalized spacial score (nSPS) is 10.9. The van der Waals surface area contributed by atoms with Gasteiger partial charge in [0.15, 0.2) is 0 Å². The highest BCUT2D eigenvalue weighted by atomic mass is 32.1. The molecule has 0 aromatic heterocycles. The first-order valence-corrected chi connectivity index (χ1v) is 6.87. The van der Waals surface area contributed by atoms with Gasteiger partial charge in [-0.25, -0.2) is 8.78 Å². The minimum atomic E-state index is -0.366. The second-order valence-corrected chi connectivity index (χ2v) is 5.45. The molecule has 2 aromatic carbocycles. The number of hydrogen-bond donors (Lipinski definition) is 1. The van der Waals surface area contributed by atoms with Crippen LogP contribution in [0, 0.1) is 11.6 Å². The molecule has 2 nitrogen and oxygen atoms in total. The quantitative estimate of drug-likeness (QED) is 0.860. The number of benzene rings is 2. The van der Waals surface area contributed by atoms with Crippen LogP contribution in [0.5, 0.6) is 0 Å². The standard InChI is InChI=1S/C16H16F2N2S/c1-20(9-11-3-2-4-14(17)6-11)10-12-5-13(16(19)21)8-15(18)7-12/h2-8H,9-10H2,1H3,(H2,19,21). The van der Waals surface area contributed by atoms with Crippen LogP contribution in [0.1, 0.15) is 16.7 Å². The summed E-state index contributed by atoms with van der Waals surface area (Å²) in [4.78, 5) is 2.14. The van der Waals surface area contributed by atoms with Gasteiger partial charge in [-0.05, 0) is 48.5 Å². The van der Waals surface area contributed by atoms with Crippen molar-refractivity contribution in [1.82, 2.24) is 4.90 Å². The summed E-state index contributed by atoms with van der Waals surface area (Å²) in [7, 11) is 1.89. The summed E-state index contributed by atoms with van der Waals surface area (Å²) in [6.45, 7) is 1.08. The maximum absolute atomic E-state index is 13.5. The molecule has 21 heavy (non-hydrogen) atoms. The monoisotopic (exact) mass is 306 g/mol. The second kappa shape index (κ2) is 6.74. The number of nitrogens with zero attached hydrogens (tertiary/aromatic N) is 1. The van der Waals surface area contributed by atoms with Crippen LogP contribution >= 0.6 is 12.2 Å². The van der Waals surface area contributed by atoms with Crippen LogP contribution in [-0.4, -0.2) is 16.9 Å². The average Bonchev–Trinajstić information content (AvgIpc) is 2.37. The van der Waals surface area contributed by atoms with Gasteiger partial charge in [0.25, 0.3) is 0 Å². The molecular weight excluding hydrogens is 290 g/mol. The van der Waals surface area contributed by atoms with E-state index in [9.17, 15) is 8.78 Å². The van der Waals surface area contributed by atoms with Crippen LogP contribution in [-0.2, 0) is 13.1 Å². The van der Waals surface area contributed by atoms with E-state index in [0.717, 1.165) is 11.1 Å². The zero-order valence-electron chi connectivity index (χ0n) is 11.6. The molecule has 0 unspecified atom stereocenters. The van der Waals surface area contributed by atoms with Gasteiger partial charge in [0.05, 0.1) is 0 Å². The van der Waals surface area contributed by atoms with Crippen molar-refractivity contribution >= 4 is 17.2 Å². The Morgan fingerprint density at radius 1 is 1.05 bits per heavy atom. The lowest BCUT2D eigenvalue weighted by molar-refractivity contribution is 0.318. The fraction of sp³-hybridized carbons (Fsp3) is 0.188. The first-order chi connectivity index (χ1) is 9.94. The Hall–Kier alpha value is -1.85. The summed E-state index contributed by atoms with van der Waals surface area (Å²) in [6.07, 6.45) is 0. The molecular formula is C16H16F2N2S. The molecule has 0 aliphatic heterocycles. The smallest absolute Gasteiger partial charge is 0.124 e. The van der Waals surface area contributed by atoms with Crippen molar-refractivity contribution in [3.8, 4) is 0 Å². The van der Waals surface area contributed by atoms with E-state index in [1.54, 1.807) is 12.1 Å². The molecule has 0 radical (unpaired) electrons. The number of rotatable bonds is 5. The van der Waals surface area contributed by atoms with E-state index < -0.39 is 0 Å². The van der Waals surface area contributed by atoms with Gasteiger partial charge in [-0.1, -0.05) is 24.4 Å². The fourth-order valence-electron chi connectivity index (χ4n) is 2.20. The Bertz CT molecular complexity index is 658. The van der Waals surface area contributed by atoms with Crippen LogP contribution in [0.4, 0.5) is 8.78 Å². The van der Waals surface area contributed by atoms with Crippen molar-refractivity contribution < 1.29 is 8.78 Å². The minimum absolute atomic E-state index is 0.170. The molecule has 0 saturated carbocycles. The van der Waals surface area contributed by atoms with E-state index in [1.165, 1.54) is 24.3 Å². The van der Waals surface area contributed by atoms with E-state index in [1.807, 2.05) is 18.0 Å². The maximum atomic E-state index is 13.5. The SMILES string of the molecule is CN(Cc1cccc(F)c1)Cc1cc(F)cc(C(N)=S)c1. The molecule has 2 rings (SSSR count). The summed E-state index contributed by atoms with van der Waals surface area (Å²) in [6, 6.07) is 11.0. The van der Waals surface area contributed by atoms with Gasteiger partial charge in [-0.2, -0.15) is 0 Å². The third kappa shape index (κ3) is 4.58. The zero-order chi connectivity index (χ0) is 15.4. The highest BCUT2D eigenvalue weighted by Gasteiger charge is 2.07. The van der Waals surface area contributed by atoms with Gasteiger partial charge in [0.2, 0.25) is 0 Å². The Kier molecular flexibility index (Phi) is 4.98. The van der Waals surface area contributed by atoms with Crippen LogP contribution in [0.3, 0.4) is 0 Å². The zero-order valence-corrected chi connectivity index (χ0v) is 12.5. The number of nitrogens with two attached hydrogens (primary N) is 1. The fourth-order valence-corrected chi connectivity index (χ4v) is 2.32. The van der Waals surface area contributed by atoms with Gasteiger partial charge in [-0.3, -0.25) is 4.90 Å². The highest BCUT2D eigenvalue weighted by Crippen LogP contribution is 2.13. The molecule has 0 atom stereocenters. The van der Waals surface area contributed by atoms with Gasteiger partial charge < -0.3 is 5.73 Å². The predicted octanol–water partition coefficient (Wildman–Crippen LogP) is 3.23. The van der Waals surface area contributed by atoms with Crippen LogP contribution in [0.25, 0.3) is 0 Å². The van der Waals surface area contributed by atoms with Crippen molar-refractivity contribution in [3.05, 3.63) is 70.8 Å². The summed E-state index contributed by atoms with van der Waals surface area (Å²) in [5, 5.41) is 0. The molecule has 0 aliphatic rings. The topological polar surface area (TPSA) is 29.3 Å². The lowest BCUT2D eigenvalue weighted by Crippen LogP contribution is -2.18. The van der Waals surface area contributed by atoms with E-state index >= 15 is 0 Å². The number of halogens is 2. The highest BCUT2D eigenvalue weighted by molar-refractivity contribution is 7.80. The third-order valence-electron chi connectivity index (χ3n) is 3.04. The Morgan fingerprint density at radius 3 is 2.38 bits per heavy atom. The van der Waals surface area contributed by atoms with Gasteiger partial charge in [0, 0.05) is 18.7 Å². The van der Waals surface area contributed by atoms with Gasteiger partial charge >= 0.3 is 0 Å². The first kappa shape index (κ1) is 15.5. The lowest BCUT2D eigenvalue weighted by atomic mass is 10.1. The molecule has 0 saturated heterocycles. The summed E-state index contributed by atoms with van der Waals surface area (Å²) < 4.78 is 26.7. The van der Waals surface area contributed by atoms with E-state index in [2.05, 4.69) is 0 Å². The van der Waals surface area contributed by atoms with Gasteiger partial charge in [0.1, 0.15) is 16.6 Å². The second-order valence-electron chi connectivity index (χ2n) is 5.01. The summed E-state index contributed by atoms with van der Waals surface area (Å²) >= 11 is 4.87. The van der Waals surface area contributed by atoms with Crippen molar-refractivity contribution in [3.63, 3.8) is 0 Å². The van der Waals surface area contributed by atoms with Crippen molar-refractivity contribution in [2.24, 2.45) is 5.73 Å². The molecule has 0 heterocycles. The average molecular weight is 306 g/mol. The first-order valence-electron chi connectivity index (χ1n) is 6.46. The molecule has 0 spiro atoms. The van der Waals surface area contributed by atoms with Crippen molar-refractivity contribution in [2.75, 3.05) is 7.05 Å². The van der Waals surface area contributed by atoms with Crippen LogP contribution < -0.4 is 5.73 Å². The lowest BCUT2D eigenvalue weighted by Gasteiger charge is -2.17. The maximum Gasteiger partial charge on any atom is 0.124 e. The van der Waals surface area contributed by atoms with Crippen molar-refractivity contribution in [2.45, 2.75) is 13.1 Å². The Balaban J connectivity index is 2.09. The van der Waals surface area contributed by atoms with E-state index in [4.69, 9.17) is 18.0 Å². The molecule has 2 aromatic rings. The Labute approximate surface area is 128 Å². The Morgan fingerprint density at radius 2 is 1.71 bits per heavy atom. The molecule has 0 bridgehead atoms. The molecule has 2 N–H and O–H groups in total. The van der Waals surface area contributed by atoms with E-state index in [-0.39, 0.29) is 16.6 Å². The number of hydrogen-bond acceptors (Lipinski definition) is 2. The minimum Gasteiger partial charge on any atom is -0.389 e. The third-order valence-corrected chi connectivity index (χ3v) is 3.27.